The Morgan fingerprint density at radius 1 is 1.03 bits per heavy atom. The van der Waals surface area contributed by atoms with E-state index in [0.717, 1.165) is 5.56 Å². The van der Waals surface area contributed by atoms with E-state index in [0.29, 0.717) is 22.6 Å². The first-order chi connectivity index (χ1) is 15.9. The van der Waals surface area contributed by atoms with Gasteiger partial charge in [-0.25, -0.2) is 4.39 Å². The van der Waals surface area contributed by atoms with Crippen LogP contribution in [0, 0.1) is 12.7 Å². The summed E-state index contributed by atoms with van der Waals surface area (Å²) in [5, 5.41) is 2.86. The van der Waals surface area contributed by atoms with Crippen molar-refractivity contribution in [1.82, 2.24) is 0 Å². The van der Waals surface area contributed by atoms with Crippen molar-refractivity contribution < 1.29 is 18.8 Å². The van der Waals surface area contributed by atoms with Crippen molar-refractivity contribution >= 4 is 46.5 Å². The lowest BCUT2D eigenvalue weighted by molar-refractivity contribution is -0.124. The molecule has 3 amide bonds. The minimum atomic E-state index is -1.34. The molecular formula is C25H20FN3O3S. The molecule has 1 N–H and O–H groups in total. The van der Waals surface area contributed by atoms with Gasteiger partial charge >= 0.3 is 0 Å². The number of nitrogens with one attached hydrogen (secondary N) is 1. The Balaban J connectivity index is 1.52. The molecule has 1 spiro atoms. The molecule has 0 saturated carbocycles. The summed E-state index contributed by atoms with van der Waals surface area (Å²) in [5.41, 5.74) is 3.24. The lowest BCUT2D eigenvalue weighted by Gasteiger charge is -2.33. The first-order valence-electron chi connectivity index (χ1n) is 10.4. The molecule has 0 aliphatic carbocycles. The number of fused-ring (bicyclic) bond motifs is 2. The molecular weight excluding hydrogens is 441 g/mol. The Kier molecular flexibility index (Phi) is 5.17. The van der Waals surface area contributed by atoms with Crippen LogP contribution in [-0.2, 0) is 19.3 Å². The van der Waals surface area contributed by atoms with Crippen molar-refractivity contribution in [1.29, 1.82) is 0 Å². The minimum absolute atomic E-state index is 0.0979. The number of hydrogen-bond acceptors (Lipinski definition) is 4. The highest BCUT2D eigenvalue weighted by Gasteiger charge is 2.61. The van der Waals surface area contributed by atoms with E-state index in [1.165, 1.54) is 45.8 Å². The minimum Gasteiger partial charge on any atom is -0.324 e. The molecule has 1 saturated heterocycles. The molecule has 3 aromatic carbocycles. The molecule has 0 bridgehead atoms. The standard InChI is InChI=1S/C25H20FN3O3S/c1-16-6-2-4-8-20(16)27-22(30)14-28-21-9-5-3-7-19(21)25(24(28)32)29(23(31)15-33-25)18-12-10-17(26)11-13-18/h2-13H,14-15H2,1H3,(H,27,30). The number of para-hydroxylation sites is 2. The summed E-state index contributed by atoms with van der Waals surface area (Å²) in [6.45, 7) is 1.69. The second-order valence-electron chi connectivity index (χ2n) is 7.91. The Labute approximate surface area is 194 Å². The summed E-state index contributed by atoms with van der Waals surface area (Å²) >= 11 is 1.22. The second-order valence-corrected chi connectivity index (χ2v) is 9.08. The van der Waals surface area contributed by atoms with Gasteiger partial charge in [-0.15, -0.1) is 11.8 Å². The fourth-order valence-corrected chi connectivity index (χ4v) is 5.71. The molecule has 5 rings (SSSR count). The molecule has 33 heavy (non-hydrogen) atoms. The van der Waals surface area contributed by atoms with Gasteiger partial charge in [0, 0.05) is 16.9 Å². The maximum atomic E-state index is 13.9. The van der Waals surface area contributed by atoms with E-state index in [4.69, 9.17) is 0 Å². The van der Waals surface area contributed by atoms with Crippen LogP contribution >= 0.6 is 11.8 Å². The molecule has 2 heterocycles. The molecule has 1 unspecified atom stereocenters. The summed E-state index contributed by atoms with van der Waals surface area (Å²) < 4.78 is 13.5. The van der Waals surface area contributed by atoms with Gasteiger partial charge in [0.1, 0.15) is 12.4 Å². The predicted molar refractivity (Wildman–Crippen MR) is 127 cm³/mol. The Morgan fingerprint density at radius 2 is 1.73 bits per heavy atom. The summed E-state index contributed by atoms with van der Waals surface area (Å²) in [6.07, 6.45) is 0. The van der Waals surface area contributed by atoms with Gasteiger partial charge in [-0.1, -0.05) is 36.4 Å². The molecule has 8 heteroatoms. The fraction of sp³-hybridized carbons (Fsp3) is 0.160. The first kappa shape index (κ1) is 21.2. The predicted octanol–water partition coefficient (Wildman–Crippen LogP) is 4.05. The average Bonchev–Trinajstić information content (AvgIpc) is 3.27. The number of carbonyl (C=O) groups excluding carboxylic acids is 3. The van der Waals surface area contributed by atoms with Crippen LogP contribution in [-0.4, -0.2) is 30.0 Å². The van der Waals surface area contributed by atoms with E-state index in [-0.39, 0.29) is 30.0 Å². The molecule has 1 fully saturated rings. The number of benzene rings is 3. The number of aryl methyl sites for hydroxylation is 1. The van der Waals surface area contributed by atoms with E-state index in [1.807, 2.05) is 25.1 Å². The van der Waals surface area contributed by atoms with E-state index in [1.54, 1.807) is 30.3 Å². The van der Waals surface area contributed by atoms with E-state index < -0.39 is 10.7 Å². The second kappa shape index (κ2) is 8.04. The van der Waals surface area contributed by atoms with Gasteiger partial charge in [0.05, 0.1) is 11.4 Å². The molecule has 2 aliphatic rings. The smallest absolute Gasteiger partial charge is 0.269 e. The number of amides is 3. The monoisotopic (exact) mass is 461 g/mol. The summed E-state index contributed by atoms with van der Waals surface area (Å²) in [7, 11) is 0. The normalized spacial score (nSPS) is 19.3. The maximum Gasteiger partial charge on any atom is 0.269 e. The number of hydrogen-bond donors (Lipinski definition) is 1. The van der Waals surface area contributed by atoms with Gasteiger partial charge in [0.2, 0.25) is 16.7 Å². The van der Waals surface area contributed by atoms with Crippen LogP contribution in [0.2, 0.25) is 0 Å². The number of thioether (sulfide) groups is 1. The first-order valence-corrected chi connectivity index (χ1v) is 11.4. The van der Waals surface area contributed by atoms with Gasteiger partial charge < -0.3 is 5.32 Å². The highest BCUT2D eigenvalue weighted by Crippen LogP contribution is 2.55. The van der Waals surface area contributed by atoms with Crippen LogP contribution in [0.15, 0.2) is 72.8 Å². The van der Waals surface area contributed by atoms with E-state index >= 15 is 0 Å². The third kappa shape index (κ3) is 3.38. The topological polar surface area (TPSA) is 69.7 Å². The number of halogens is 1. The lowest BCUT2D eigenvalue weighted by Crippen LogP contribution is -2.50. The summed E-state index contributed by atoms with van der Waals surface area (Å²) in [6, 6.07) is 20.1. The van der Waals surface area contributed by atoms with Crippen molar-refractivity contribution in [3.63, 3.8) is 0 Å². The van der Waals surface area contributed by atoms with Crippen LogP contribution in [0.25, 0.3) is 0 Å². The number of nitrogens with zero attached hydrogens (tertiary/aromatic N) is 2. The lowest BCUT2D eigenvalue weighted by atomic mass is 10.0. The van der Waals surface area contributed by atoms with Gasteiger partial charge in [-0.3, -0.25) is 24.2 Å². The number of rotatable bonds is 4. The summed E-state index contributed by atoms with van der Waals surface area (Å²) in [4.78, 5) is 41.2. The van der Waals surface area contributed by atoms with Gasteiger partial charge in [0.15, 0.2) is 0 Å². The van der Waals surface area contributed by atoms with Gasteiger partial charge in [-0.05, 0) is 48.9 Å². The average molecular weight is 462 g/mol. The Morgan fingerprint density at radius 3 is 2.48 bits per heavy atom. The van der Waals surface area contributed by atoms with Crippen LogP contribution in [0.1, 0.15) is 11.1 Å². The van der Waals surface area contributed by atoms with Crippen LogP contribution in [0.5, 0.6) is 0 Å². The molecule has 6 nitrogen and oxygen atoms in total. The SMILES string of the molecule is Cc1ccccc1NC(=O)CN1C(=O)C2(SCC(=O)N2c2ccc(F)cc2)c2ccccc21. The maximum absolute atomic E-state index is 13.9. The van der Waals surface area contributed by atoms with E-state index in [9.17, 15) is 18.8 Å². The Bertz CT molecular complexity index is 1280. The van der Waals surface area contributed by atoms with E-state index in [2.05, 4.69) is 5.32 Å². The molecule has 3 aromatic rings. The number of anilines is 3. The largest absolute Gasteiger partial charge is 0.324 e. The molecule has 0 aromatic heterocycles. The zero-order valence-electron chi connectivity index (χ0n) is 17.7. The van der Waals surface area contributed by atoms with Gasteiger partial charge in [-0.2, -0.15) is 0 Å². The highest BCUT2D eigenvalue weighted by atomic mass is 32.2. The van der Waals surface area contributed by atoms with Gasteiger partial charge in [0.25, 0.3) is 5.91 Å². The molecule has 0 radical (unpaired) electrons. The molecule has 166 valence electrons. The van der Waals surface area contributed by atoms with Crippen molar-refractivity contribution in [2.45, 2.75) is 11.8 Å². The van der Waals surface area contributed by atoms with Crippen molar-refractivity contribution in [2.24, 2.45) is 0 Å². The van der Waals surface area contributed by atoms with Crippen LogP contribution < -0.4 is 15.1 Å². The fourth-order valence-electron chi connectivity index (χ4n) is 4.35. The molecule has 2 aliphatic heterocycles. The van der Waals surface area contributed by atoms with Crippen molar-refractivity contribution in [3.8, 4) is 0 Å². The zero-order chi connectivity index (χ0) is 23.2. The third-order valence-corrected chi connectivity index (χ3v) is 7.26. The quantitative estimate of drug-likeness (QED) is 0.637. The van der Waals surface area contributed by atoms with Crippen molar-refractivity contribution in [3.05, 3.63) is 89.7 Å². The number of carbonyl (C=O) groups is 3. The zero-order valence-corrected chi connectivity index (χ0v) is 18.6. The molecule has 1 atom stereocenters. The summed E-state index contributed by atoms with van der Waals surface area (Å²) in [5.74, 6) is -1.29. The third-order valence-electron chi connectivity index (χ3n) is 5.87. The Hall–Kier alpha value is -3.65. The highest BCUT2D eigenvalue weighted by molar-refractivity contribution is 8.02. The van der Waals surface area contributed by atoms with Crippen molar-refractivity contribution in [2.75, 3.05) is 27.4 Å². The van der Waals surface area contributed by atoms with Crippen LogP contribution in [0.4, 0.5) is 21.5 Å². The van der Waals surface area contributed by atoms with Crippen LogP contribution in [0.3, 0.4) is 0 Å².